The van der Waals surface area contributed by atoms with Gasteiger partial charge >= 0.3 is 0 Å². The van der Waals surface area contributed by atoms with E-state index in [2.05, 4.69) is 48.3 Å². The molecule has 0 unspecified atom stereocenters. The van der Waals surface area contributed by atoms with E-state index in [1.165, 1.54) is 11.1 Å². The Morgan fingerprint density at radius 2 is 1.95 bits per heavy atom. The Kier molecular flexibility index (Phi) is 6.51. The van der Waals surface area contributed by atoms with Crippen LogP contribution in [-0.4, -0.2) is 37.7 Å². The Labute approximate surface area is 123 Å². The SMILES string of the molecule is CC(C)CNCc1ccccc1CN1CCCOCC1. The predicted octanol–water partition coefficient (Wildman–Crippen LogP) is 2.65. The largest absolute Gasteiger partial charge is 0.380 e. The van der Waals surface area contributed by atoms with Crippen LogP contribution in [0.2, 0.25) is 0 Å². The van der Waals surface area contributed by atoms with Gasteiger partial charge in [-0.1, -0.05) is 38.1 Å². The van der Waals surface area contributed by atoms with Crippen LogP contribution in [0.5, 0.6) is 0 Å². The topological polar surface area (TPSA) is 24.5 Å². The Hall–Kier alpha value is -0.900. The van der Waals surface area contributed by atoms with E-state index in [4.69, 9.17) is 4.74 Å². The molecule has 112 valence electrons. The predicted molar refractivity (Wildman–Crippen MR) is 83.7 cm³/mol. The summed E-state index contributed by atoms with van der Waals surface area (Å²) in [6, 6.07) is 8.80. The van der Waals surface area contributed by atoms with Gasteiger partial charge in [0.15, 0.2) is 0 Å². The van der Waals surface area contributed by atoms with Crippen LogP contribution >= 0.6 is 0 Å². The van der Waals surface area contributed by atoms with Gasteiger partial charge in [0.05, 0.1) is 6.61 Å². The van der Waals surface area contributed by atoms with Gasteiger partial charge < -0.3 is 10.1 Å². The average Bonchev–Trinajstić information content (AvgIpc) is 2.69. The first-order chi connectivity index (χ1) is 9.75. The van der Waals surface area contributed by atoms with Gasteiger partial charge in [-0.15, -0.1) is 0 Å². The summed E-state index contributed by atoms with van der Waals surface area (Å²) in [4.78, 5) is 2.51. The molecule has 1 N–H and O–H groups in total. The van der Waals surface area contributed by atoms with E-state index in [9.17, 15) is 0 Å². The highest BCUT2D eigenvalue weighted by Gasteiger charge is 2.11. The van der Waals surface area contributed by atoms with Gasteiger partial charge in [0.2, 0.25) is 0 Å². The first-order valence-electron chi connectivity index (χ1n) is 7.83. The molecule has 20 heavy (non-hydrogen) atoms. The zero-order valence-corrected chi connectivity index (χ0v) is 12.9. The number of hydrogen-bond donors (Lipinski definition) is 1. The summed E-state index contributed by atoms with van der Waals surface area (Å²) in [7, 11) is 0. The van der Waals surface area contributed by atoms with Crippen molar-refractivity contribution in [2.24, 2.45) is 5.92 Å². The normalized spacial score (nSPS) is 17.4. The van der Waals surface area contributed by atoms with Crippen molar-refractivity contribution >= 4 is 0 Å². The molecule has 1 heterocycles. The van der Waals surface area contributed by atoms with Crippen molar-refractivity contribution in [3.8, 4) is 0 Å². The first-order valence-corrected chi connectivity index (χ1v) is 7.83. The summed E-state index contributed by atoms with van der Waals surface area (Å²) >= 11 is 0. The third-order valence-corrected chi connectivity index (χ3v) is 3.70. The van der Waals surface area contributed by atoms with Gasteiger partial charge in [-0.05, 0) is 30.0 Å². The maximum atomic E-state index is 5.53. The van der Waals surface area contributed by atoms with Gasteiger partial charge in [-0.2, -0.15) is 0 Å². The summed E-state index contributed by atoms with van der Waals surface area (Å²) < 4.78 is 5.53. The highest BCUT2D eigenvalue weighted by atomic mass is 16.5. The minimum atomic E-state index is 0.699. The second-order valence-corrected chi connectivity index (χ2v) is 6.04. The average molecular weight is 276 g/mol. The maximum Gasteiger partial charge on any atom is 0.0593 e. The van der Waals surface area contributed by atoms with Crippen molar-refractivity contribution in [1.82, 2.24) is 10.2 Å². The Morgan fingerprint density at radius 3 is 2.75 bits per heavy atom. The molecule has 0 aromatic heterocycles. The van der Waals surface area contributed by atoms with Crippen LogP contribution in [0.15, 0.2) is 24.3 Å². The van der Waals surface area contributed by atoms with Crippen molar-refractivity contribution < 1.29 is 4.74 Å². The zero-order chi connectivity index (χ0) is 14.2. The van der Waals surface area contributed by atoms with Gasteiger partial charge in [0.1, 0.15) is 0 Å². The van der Waals surface area contributed by atoms with E-state index in [-0.39, 0.29) is 0 Å². The van der Waals surface area contributed by atoms with Crippen LogP contribution in [0.4, 0.5) is 0 Å². The summed E-state index contributed by atoms with van der Waals surface area (Å²) in [6.45, 7) is 11.6. The van der Waals surface area contributed by atoms with Gasteiger partial charge in [0.25, 0.3) is 0 Å². The molecule has 0 atom stereocenters. The Morgan fingerprint density at radius 1 is 1.15 bits per heavy atom. The lowest BCUT2D eigenvalue weighted by Gasteiger charge is -2.21. The van der Waals surface area contributed by atoms with Crippen molar-refractivity contribution in [2.45, 2.75) is 33.4 Å². The molecule has 0 spiro atoms. The number of hydrogen-bond acceptors (Lipinski definition) is 3. The first kappa shape index (κ1) is 15.5. The van der Waals surface area contributed by atoms with Crippen LogP contribution in [-0.2, 0) is 17.8 Å². The molecule has 1 aromatic rings. The molecule has 1 aliphatic rings. The molecule has 3 heteroatoms. The molecule has 0 saturated carbocycles. The minimum absolute atomic E-state index is 0.699. The molecule has 0 amide bonds. The van der Waals surface area contributed by atoms with Crippen LogP contribution in [0.1, 0.15) is 31.4 Å². The number of benzene rings is 1. The second-order valence-electron chi connectivity index (χ2n) is 6.04. The number of ether oxygens (including phenoxy) is 1. The fourth-order valence-electron chi connectivity index (χ4n) is 2.58. The van der Waals surface area contributed by atoms with Crippen molar-refractivity contribution in [1.29, 1.82) is 0 Å². The van der Waals surface area contributed by atoms with Crippen LogP contribution < -0.4 is 5.32 Å². The summed E-state index contributed by atoms with van der Waals surface area (Å²) in [5.41, 5.74) is 2.88. The van der Waals surface area contributed by atoms with Gasteiger partial charge in [-0.3, -0.25) is 4.90 Å². The van der Waals surface area contributed by atoms with Crippen LogP contribution in [0.3, 0.4) is 0 Å². The lowest BCUT2D eigenvalue weighted by Crippen LogP contribution is -2.27. The van der Waals surface area contributed by atoms with Gasteiger partial charge in [0, 0.05) is 32.8 Å². The summed E-state index contributed by atoms with van der Waals surface area (Å²) in [5, 5.41) is 3.55. The quantitative estimate of drug-likeness (QED) is 0.864. The van der Waals surface area contributed by atoms with E-state index in [0.29, 0.717) is 5.92 Å². The van der Waals surface area contributed by atoms with E-state index in [1.54, 1.807) is 0 Å². The highest BCUT2D eigenvalue weighted by molar-refractivity contribution is 5.27. The molecular weight excluding hydrogens is 248 g/mol. The molecule has 1 saturated heterocycles. The fourth-order valence-corrected chi connectivity index (χ4v) is 2.58. The highest BCUT2D eigenvalue weighted by Crippen LogP contribution is 2.13. The molecule has 0 aliphatic carbocycles. The molecule has 1 aliphatic heterocycles. The summed E-state index contributed by atoms with van der Waals surface area (Å²) in [5.74, 6) is 0.699. The van der Waals surface area contributed by atoms with Crippen molar-refractivity contribution in [2.75, 3.05) is 32.8 Å². The number of rotatable bonds is 6. The standard InChI is InChI=1S/C17H28N2O/c1-15(2)12-18-13-16-6-3-4-7-17(16)14-19-8-5-10-20-11-9-19/h3-4,6-7,15,18H,5,8-14H2,1-2H3. The number of nitrogens with zero attached hydrogens (tertiary/aromatic N) is 1. The van der Waals surface area contributed by atoms with E-state index in [0.717, 1.165) is 52.4 Å². The molecule has 1 fully saturated rings. The zero-order valence-electron chi connectivity index (χ0n) is 12.9. The fraction of sp³-hybridized carbons (Fsp3) is 0.647. The Bertz CT molecular complexity index is 384. The maximum absolute atomic E-state index is 5.53. The van der Waals surface area contributed by atoms with Crippen molar-refractivity contribution in [3.05, 3.63) is 35.4 Å². The molecular formula is C17H28N2O. The van der Waals surface area contributed by atoms with Crippen LogP contribution in [0, 0.1) is 5.92 Å². The van der Waals surface area contributed by atoms with E-state index in [1.807, 2.05) is 0 Å². The molecule has 2 rings (SSSR count). The van der Waals surface area contributed by atoms with Gasteiger partial charge in [-0.25, -0.2) is 0 Å². The second kappa shape index (κ2) is 8.40. The smallest absolute Gasteiger partial charge is 0.0593 e. The van der Waals surface area contributed by atoms with E-state index < -0.39 is 0 Å². The monoisotopic (exact) mass is 276 g/mol. The number of nitrogens with one attached hydrogen (secondary N) is 1. The molecule has 3 nitrogen and oxygen atoms in total. The third-order valence-electron chi connectivity index (χ3n) is 3.70. The third kappa shape index (κ3) is 5.23. The Balaban J connectivity index is 1.92. The van der Waals surface area contributed by atoms with Crippen molar-refractivity contribution in [3.63, 3.8) is 0 Å². The minimum Gasteiger partial charge on any atom is -0.380 e. The summed E-state index contributed by atoms with van der Waals surface area (Å²) in [6.07, 6.45) is 1.15. The van der Waals surface area contributed by atoms with Crippen LogP contribution in [0.25, 0.3) is 0 Å². The molecule has 0 radical (unpaired) electrons. The molecule has 0 bridgehead atoms. The lowest BCUT2D eigenvalue weighted by atomic mass is 10.1. The lowest BCUT2D eigenvalue weighted by molar-refractivity contribution is 0.140. The molecule has 1 aromatic carbocycles. The van der Waals surface area contributed by atoms with E-state index >= 15 is 0 Å².